The number of carbonyl (C=O) groups is 1. The van der Waals surface area contributed by atoms with Crippen LogP contribution in [0.1, 0.15) is 0 Å². The Kier molecular flexibility index (Phi) is 5.25. The highest BCUT2D eigenvalue weighted by Gasteiger charge is 2.29. The summed E-state index contributed by atoms with van der Waals surface area (Å²) in [4.78, 5) is 32.4. The van der Waals surface area contributed by atoms with Crippen molar-refractivity contribution < 1.29 is 4.79 Å². The van der Waals surface area contributed by atoms with Gasteiger partial charge in [0, 0.05) is 49.9 Å². The molecule has 0 aromatic carbocycles. The van der Waals surface area contributed by atoms with E-state index in [2.05, 4.69) is 20.6 Å². The van der Waals surface area contributed by atoms with Crippen LogP contribution in [0.4, 0.5) is 5.69 Å². The molecule has 1 fully saturated rings. The Morgan fingerprint density at radius 2 is 2.12 bits per heavy atom. The monoisotopic (exact) mass is 339 g/mol. The van der Waals surface area contributed by atoms with Crippen molar-refractivity contribution in [1.82, 2.24) is 20.2 Å². The van der Waals surface area contributed by atoms with Gasteiger partial charge in [0.25, 0.3) is 5.56 Å². The summed E-state index contributed by atoms with van der Waals surface area (Å²) in [7, 11) is 1.83. The molecule has 0 aliphatic carbocycles. The molecular weight excluding hydrogens is 318 g/mol. The molecule has 3 rings (SSSR count). The summed E-state index contributed by atoms with van der Waals surface area (Å²) in [6, 6.07) is 5.68. The number of aromatic amines is 1. The zero-order valence-corrected chi connectivity index (χ0v) is 14.0. The van der Waals surface area contributed by atoms with E-state index in [0.717, 1.165) is 11.1 Å². The van der Waals surface area contributed by atoms with Gasteiger partial charge in [0.2, 0.25) is 5.91 Å². The fourth-order valence-electron chi connectivity index (χ4n) is 2.65. The Bertz CT molecular complexity index is 810. The fraction of sp³-hybridized carbons (Fsp3) is 0.278. The normalized spacial score (nSPS) is 14.5. The summed E-state index contributed by atoms with van der Waals surface area (Å²) in [5, 5.41) is 6.17. The van der Waals surface area contributed by atoms with Crippen molar-refractivity contribution >= 4 is 11.6 Å². The SMILES string of the molecule is CNCC=CC(=O)N1CC(Nc2cc(-c3ccncc3)c[nH]c2=O)C1. The molecule has 2 aromatic rings. The molecule has 2 aromatic heterocycles. The minimum absolute atomic E-state index is 0.00672. The van der Waals surface area contributed by atoms with Crippen LogP contribution < -0.4 is 16.2 Å². The number of rotatable bonds is 6. The molecule has 3 heterocycles. The van der Waals surface area contributed by atoms with Crippen LogP contribution in [0.25, 0.3) is 11.1 Å². The first kappa shape index (κ1) is 16.9. The van der Waals surface area contributed by atoms with Crippen molar-refractivity contribution in [3.63, 3.8) is 0 Å². The van der Waals surface area contributed by atoms with Crippen molar-refractivity contribution in [3.8, 4) is 11.1 Å². The van der Waals surface area contributed by atoms with E-state index in [1.54, 1.807) is 35.6 Å². The third kappa shape index (κ3) is 4.13. The van der Waals surface area contributed by atoms with Crippen molar-refractivity contribution in [2.75, 3.05) is 32.0 Å². The molecular formula is C18H21N5O2. The highest BCUT2D eigenvalue weighted by molar-refractivity contribution is 5.88. The van der Waals surface area contributed by atoms with Gasteiger partial charge in [-0.2, -0.15) is 0 Å². The van der Waals surface area contributed by atoms with Gasteiger partial charge >= 0.3 is 0 Å². The number of nitrogens with zero attached hydrogens (tertiary/aromatic N) is 2. The van der Waals surface area contributed by atoms with Crippen molar-refractivity contribution in [2.24, 2.45) is 0 Å². The molecule has 1 aliphatic heterocycles. The maximum atomic E-state index is 12.0. The van der Waals surface area contributed by atoms with Crippen molar-refractivity contribution in [2.45, 2.75) is 6.04 Å². The van der Waals surface area contributed by atoms with Crippen LogP contribution in [-0.4, -0.2) is 53.5 Å². The number of H-pyrrole nitrogens is 1. The highest BCUT2D eigenvalue weighted by atomic mass is 16.2. The Morgan fingerprint density at radius 1 is 1.36 bits per heavy atom. The second kappa shape index (κ2) is 7.76. The number of likely N-dealkylation sites (tertiary alicyclic amines) is 1. The fourth-order valence-corrected chi connectivity index (χ4v) is 2.65. The zero-order chi connectivity index (χ0) is 17.6. The molecule has 0 unspecified atom stereocenters. The summed E-state index contributed by atoms with van der Waals surface area (Å²) in [5.74, 6) is -0.00672. The molecule has 0 radical (unpaired) electrons. The number of pyridine rings is 2. The minimum atomic E-state index is -0.170. The maximum absolute atomic E-state index is 12.0. The molecule has 0 spiro atoms. The second-order valence-electron chi connectivity index (χ2n) is 5.91. The van der Waals surface area contributed by atoms with E-state index in [1.165, 1.54) is 0 Å². The maximum Gasteiger partial charge on any atom is 0.271 e. The van der Waals surface area contributed by atoms with E-state index in [0.29, 0.717) is 25.3 Å². The van der Waals surface area contributed by atoms with Gasteiger partial charge in [0.15, 0.2) is 0 Å². The molecule has 25 heavy (non-hydrogen) atoms. The number of aromatic nitrogens is 2. The van der Waals surface area contributed by atoms with Crippen LogP contribution in [0, 0.1) is 0 Å². The van der Waals surface area contributed by atoms with Gasteiger partial charge < -0.3 is 20.5 Å². The summed E-state index contributed by atoms with van der Waals surface area (Å²) >= 11 is 0. The van der Waals surface area contributed by atoms with E-state index >= 15 is 0 Å². The number of carbonyl (C=O) groups excluding carboxylic acids is 1. The number of amides is 1. The van der Waals surface area contributed by atoms with Crippen LogP contribution in [0.5, 0.6) is 0 Å². The standard InChI is InChI=1S/C18H21N5O2/c1-19-6-2-3-17(24)23-11-15(12-23)22-16-9-14(10-21-18(16)25)13-4-7-20-8-5-13/h2-5,7-10,15,19,22H,6,11-12H2,1H3,(H,21,25). The Balaban J connectivity index is 1.61. The lowest BCUT2D eigenvalue weighted by Crippen LogP contribution is -2.57. The van der Waals surface area contributed by atoms with Gasteiger partial charge in [-0.1, -0.05) is 6.08 Å². The van der Waals surface area contributed by atoms with E-state index < -0.39 is 0 Å². The largest absolute Gasteiger partial charge is 0.374 e. The average Bonchev–Trinajstić information content (AvgIpc) is 2.60. The van der Waals surface area contributed by atoms with Gasteiger partial charge in [-0.25, -0.2) is 0 Å². The predicted octanol–water partition coefficient (Wildman–Crippen LogP) is 0.835. The third-order valence-corrected chi connectivity index (χ3v) is 4.05. The molecule has 130 valence electrons. The van der Waals surface area contributed by atoms with Gasteiger partial charge in [0.1, 0.15) is 5.69 Å². The van der Waals surface area contributed by atoms with E-state index in [4.69, 9.17) is 0 Å². The molecule has 0 saturated carbocycles. The topological polar surface area (TPSA) is 90.1 Å². The van der Waals surface area contributed by atoms with E-state index in [9.17, 15) is 9.59 Å². The summed E-state index contributed by atoms with van der Waals surface area (Å²) < 4.78 is 0. The lowest BCUT2D eigenvalue weighted by atomic mass is 10.1. The first-order valence-electron chi connectivity index (χ1n) is 8.17. The van der Waals surface area contributed by atoms with E-state index in [1.807, 2.05) is 25.2 Å². The van der Waals surface area contributed by atoms with Gasteiger partial charge in [0.05, 0.1) is 6.04 Å². The van der Waals surface area contributed by atoms with Crippen molar-refractivity contribution in [3.05, 3.63) is 59.3 Å². The number of hydrogen-bond acceptors (Lipinski definition) is 5. The van der Waals surface area contributed by atoms with Gasteiger partial charge in [-0.3, -0.25) is 14.6 Å². The van der Waals surface area contributed by atoms with Crippen LogP contribution in [0.3, 0.4) is 0 Å². The number of hydrogen-bond donors (Lipinski definition) is 3. The molecule has 7 heteroatoms. The highest BCUT2D eigenvalue weighted by Crippen LogP contribution is 2.20. The third-order valence-electron chi connectivity index (χ3n) is 4.05. The minimum Gasteiger partial charge on any atom is -0.374 e. The smallest absolute Gasteiger partial charge is 0.271 e. The van der Waals surface area contributed by atoms with Crippen LogP contribution >= 0.6 is 0 Å². The van der Waals surface area contributed by atoms with Crippen LogP contribution in [-0.2, 0) is 4.79 Å². The summed E-state index contributed by atoms with van der Waals surface area (Å²) in [6.45, 7) is 1.84. The Morgan fingerprint density at radius 3 is 2.84 bits per heavy atom. The van der Waals surface area contributed by atoms with Gasteiger partial charge in [-0.05, 0) is 30.8 Å². The molecule has 1 amide bonds. The molecule has 1 aliphatic rings. The molecule has 1 saturated heterocycles. The first-order valence-corrected chi connectivity index (χ1v) is 8.17. The van der Waals surface area contributed by atoms with Crippen LogP contribution in [0.15, 0.2) is 53.7 Å². The quantitative estimate of drug-likeness (QED) is 0.679. The predicted molar refractivity (Wildman–Crippen MR) is 97.4 cm³/mol. The second-order valence-corrected chi connectivity index (χ2v) is 5.91. The molecule has 0 bridgehead atoms. The number of nitrogens with one attached hydrogen (secondary N) is 3. The van der Waals surface area contributed by atoms with Gasteiger partial charge in [-0.15, -0.1) is 0 Å². The van der Waals surface area contributed by atoms with Crippen LogP contribution in [0.2, 0.25) is 0 Å². The lowest BCUT2D eigenvalue weighted by Gasteiger charge is -2.39. The van der Waals surface area contributed by atoms with Crippen molar-refractivity contribution in [1.29, 1.82) is 0 Å². The molecule has 0 atom stereocenters. The van der Waals surface area contributed by atoms with E-state index in [-0.39, 0.29) is 17.5 Å². The first-order chi connectivity index (χ1) is 12.2. The summed E-state index contributed by atoms with van der Waals surface area (Å²) in [6.07, 6.45) is 8.48. The zero-order valence-electron chi connectivity index (χ0n) is 14.0. The molecule has 7 nitrogen and oxygen atoms in total. The number of likely N-dealkylation sites (N-methyl/N-ethyl adjacent to an activating group) is 1. The Hall–Kier alpha value is -2.93. The summed E-state index contributed by atoms with van der Waals surface area (Å²) in [5.41, 5.74) is 2.23. The number of anilines is 1. The lowest BCUT2D eigenvalue weighted by molar-refractivity contribution is -0.129. The average molecular weight is 339 g/mol. The Labute approximate surface area is 145 Å². The molecule has 3 N–H and O–H groups in total.